The summed E-state index contributed by atoms with van der Waals surface area (Å²) in [6, 6.07) is 6.96. The first-order chi connectivity index (χ1) is 9.10. The number of thiazole rings is 1. The summed E-state index contributed by atoms with van der Waals surface area (Å²) in [6.07, 6.45) is 0. The van der Waals surface area contributed by atoms with E-state index in [2.05, 4.69) is 4.98 Å². The predicted octanol–water partition coefficient (Wildman–Crippen LogP) is 2.16. The quantitative estimate of drug-likeness (QED) is 0.915. The van der Waals surface area contributed by atoms with Crippen molar-refractivity contribution in [2.45, 2.75) is 10.6 Å². The molecule has 1 heterocycles. The molecule has 19 heavy (non-hydrogen) atoms. The van der Waals surface area contributed by atoms with E-state index in [4.69, 9.17) is 9.84 Å². The third-order valence-corrected chi connectivity index (χ3v) is 4.53. The topological polar surface area (TPSA) is 76.5 Å². The van der Waals surface area contributed by atoms with Crippen LogP contribution in [0.3, 0.4) is 0 Å². The summed E-state index contributed by atoms with van der Waals surface area (Å²) in [6.45, 7) is 0. The van der Waals surface area contributed by atoms with Gasteiger partial charge in [0.05, 0.1) is 29.4 Å². The lowest BCUT2D eigenvalue weighted by Crippen LogP contribution is -1.99. The molecule has 2 rings (SSSR count). The van der Waals surface area contributed by atoms with Gasteiger partial charge in [-0.2, -0.15) is 0 Å². The average molecular weight is 297 g/mol. The molecule has 7 heteroatoms. The van der Waals surface area contributed by atoms with Gasteiger partial charge in [0, 0.05) is 10.3 Å². The van der Waals surface area contributed by atoms with Crippen molar-refractivity contribution in [3.8, 4) is 5.75 Å². The van der Waals surface area contributed by atoms with Crippen LogP contribution < -0.4 is 4.74 Å². The predicted molar refractivity (Wildman–Crippen MR) is 72.2 cm³/mol. The van der Waals surface area contributed by atoms with Crippen molar-refractivity contribution in [1.29, 1.82) is 0 Å². The van der Waals surface area contributed by atoms with Crippen LogP contribution in [-0.2, 0) is 16.6 Å². The summed E-state index contributed by atoms with van der Waals surface area (Å²) in [5, 5.41) is 10.4. The number of methoxy groups -OCH3 is 1. The van der Waals surface area contributed by atoms with Crippen LogP contribution in [0.5, 0.6) is 5.75 Å². The molecule has 0 saturated heterocycles. The molecule has 0 saturated carbocycles. The highest BCUT2D eigenvalue weighted by atomic mass is 32.2. The molecule has 2 aromatic rings. The number of hydrogen-bond donors (Lipinski definition) is 1. The minimum Gasteiger partial charge on any atom is -0.497 e. The number of ether oxygens (including phenoxy) is 1. The van der Waals surface area contributed by atoms with E-state index in [0.717, 1.165) is 11.3 Å². The van der Waals surface area contributed by atoms with Crippen LogP contribution in [0.1, 0.15) is 15.5 Å². The molecule has 0 bridgehead atoms. The van der Waals surface area contributed by atoms with Crippen LogP contribution in [0.2, 0.25) is 0 Å². The zero-order chi connectivity index (χ0) is 13.8. The van der Waals surface area contributed by atoms with Gasteiger partial charge in [-0.15, -0.1) is 11.3 Å². The number of rotatable bonds is 5. The first-order valence-electron chi connectivity index (χ1n) is 5.30. The lowest BCUT2D eigenvalue weighted by molar-refractivity contribution is 0.0696. The van der Waals surface area contributed by atoms with Crippen LogP contribution in [0.15, 0.2) is 34.5 Å². The summed E-state index contributed by atoms with van der Waals surface area (Å²) < 4.78 is 17.2. The van der Waals surface area contributed by atoms with Gasteiger partial charge in [-0.05, 0) is 18.2 Å². The van der Waals surface area contributed by atoms with Crippen molar-refractivity contribution in [1.82, 2.24) is 4.98 Å². The second-order valence-electron chi connectivity index (χ2n) is 3.62. The molecule has 1 aromatic carbocycles. The highest BCUT2D eigenvalue weighted by molar-refractivity contribution is 7.84. The number of benzene rings is 1. The summed E-state index contributed by atoms with van der Waals surface area (Å²) in [5.74, 6) is -0.240. The Labute approximate surface area is 116 Å². The molecule has 0 aliphatic rings. The van der Waals surface area contributed by atoms with Gasteiger partial charge in [-0.3, -0.25) is 4.21 Å². The normalized spacial score (nSPS) is 12.1. The maximum atomic E-state index is 12.1. The Hall–Kier alpha value is -1.73. The molecular weight excluding hydrogens is 286 g/mol. The van der Waals surface area contributed by atoms with Gasteiger partial charge in [0.2, 0.25) is 5.01 Å². The average Bonchev–Trinajstić information content (AvgIpc) is 2.87. The molecule has 0 aliphatic carbocycles. The van der Waals surface area contributed by atoms with Crippen molar-refractivity contribution < 1.29 is 18.8 Å². The molecule has 0 amide bonds. The molecule has 100 valence electrons. The number of carboxylic acid groups (broad SMARTS) is 1. The molecule has 1 N–H and O–H groups in total. The molecule has 1 unspecified atom stereocenters. The van der Waals surface area contributed by atoms with Crippen LogP contribution in [0.25, 0.3) is 0 Å². The zero-order valence-corrected chi connectivity index (χ0v) is 11.7. The molecule has 1 atom stereocenters. The van der Waals surface area contributed by atoms with E-state index in [0.29, 0.717) is 16.3 Å². The van der Waals surface area contributed by atoms with Crippen LogP contribution >= 0.6 is 11.3 Å². The van der Waals surface area contributed by atoms with Gasteiger partial charge in [-0.25, -0.2) is 9.78 Å². The summed E-state index contributed by atoms with van der Waals surface area (Å²) >= 11 is 1.03. The van der Waals surface area contributed by atoms with E-state index >= 15 is 0 Å². The summed E-state index contributed by atoms with van der Waals surface area (Å²) in [7, 11) is 0.268. The van der Waals surface area contributed by atoms with Crippen LogP contribution in [0.4, 0.5) is 0 Å². The lowest BCUT2D eigenvalue weighted by Gasteiger charge is -2.03. The molecular formula is C12H11NO4S2. The van der Waals surface area contributed by atoms with Crippen molar-refractivity contribution in [3.63, 3.8) is 0 Å². The molecule has 0 spiro atoms. The smallest absolute Gasteiger partial charge is 0.365 e. The number of aromatic carboxylic acids is 1. The fourth-order valence-electron chi connectivity index (χ4n) is 1.43. The molecule has 5 nitrogen and oxygen atoms in total. The first kappa shape index (κ1) is 13.7. The number of carboxylic acids is 1. The Morgan fingerprint density at radius 1 is 1.53 bits per heavy atom. The molecule has 1 aromatic heterocycles. The lowest BCUT2D eigenvalue weighted by atomic mass is 10.3. The Morgan fingerprint density at radius 3 is 2.95 bits per heavy atom. The van der Waals surface area contributed by atoms with E-state index in [9.17, 15) is 9.00 Å². The van der Waals surface area contributed by atoms with E-state index in [1.54, 1.807) is 36.8 Å². The molecule has 0 aliphatic heterocycles. The SMILES string of the molecule is COc1cccc(S(=O)Cc2csc(C(=O)O)n2)c1. The van der Waals surface area contributed by atoms with E-state index in [-0.39, 0.29) is 10.8 Å². The Balaban J connectivity index is 2.13. The fraction of sp³-hybridized carbons (Fsp3) is 0.167. The van der Waals surface area contributed by atoms with Gasteiger partial charge in [0.15, 0.2) is 0 Å². The molecule has 0 radical (unpaired) electrons. The number of hydrogen-bond acceptors (Lipinski definition) is 5. The van der Waals surface area contributed by atoms with Crippen LogP contribution in [-0.4, -0.2) is 27.4 Å². The van der Waals surface area contributed by atoms with Gasteiger partial charge in [-0.1, -0.05) is 6.07 Å². The second kappa shape index (κ2) is 5.94. The number of carbonyl (C=O) groups is 1. The standard InChI is InChI=1S/C12H11NO4S2/c1-17-9-3-2-4-10(5-9)19(16)7-8-6-18-11(13-8)12(14)15/h2-6H,7H2,1H3,(H,14,15). The van der Waals surface area contributed by atoms with Gasteiger partial charge in [0.25, 0.3) is 0 Å². The maximum absolute atomic E-state index is 12.1. The highest BCUT2D eigenvalue weighted by Crippen LogP contribution is 2.19. The summed E-state index contributed by atoms with van der Waals surface area (Å²) in [5.41, 5.74) is 0.517. The van der Waals surface area contributed by atoms with Crippen LogP contribution in [0, 0.1) is 0 Å². The van der Waals surface area contributed by atoms with Crippen molar-refractivity contribution in [2.75, 3.05) is 7.11 Å². The van der Waals surface area contributed by atoms with Gasteiger partial charge >= 0.3 is 5.97 Å². The second-order valence-corrected chi connectivity index (χ2v) is 5.93. The largest absolute Gasteiger partial charge is 0.497 e. The fourth-order valence-corrected chi connectivity index (χ4v) is 3.25. The number of nitrogens with zero attached hydrogens (tertiary/aromatic N) is 1. The minimum atomic E-state index is -1.27. The third-order valence-electron chi connectivity index (χ3n) is 2.32. The van der Waals surface area contributed by atoms with Gasteiger partial charge in [0.1, 0.15) is 5.75 Å². The maximum Gasteiger partial charge on any atom is 0.365 e. The Bertz CT molecular complexity index is 624. The van der Waals surface area contributed by atoms with E-state index in [1.807, 2.05) is 0 Å². The van der Waals surface area contributed by atoms with Gasteiger partial charge < -0.3 is 9.84 Å². The molecule has 0 fully saturated rings. The third kappa shape index (κ3) is 3.39. The number of aromatic nitrogens is 1. The van der Waals surface area contributed by atoms with Crippen molar-refractivity contribution in [3.05, 3.63) is 40.3 Å². The Morgan fingerprint density at radius 2 is 2.32 bits per heavy atom. The minimum absolute atomic E-state index is 0.0117. The van der Waals surface area contributed by atoms with E-state index in [1.165, 1.54) is 0 Å². The zero-order valence-electron chi connectivity index (χ0n) is 10.0. The van der Waals surface area contributed by atoms with Crippen molar-refractivity contribution >= 4 is 28.1 Å². The van der Waals surface area contributed by atoms with E-state index < -0.39 is 16.8 Å². The Kier molecular flexibility index (Phi) is 4.28. The van der Waals surface area contributed by atoms with Crippen molar-refractivity contribution in [2.24, 2.45) is 0 Å². The first-order valence-corrected chi connectivity index (χ1v) is 7.50. The summed E-state index contributed by atoms with van der Waals surface area (Å²) in [4.78, 5) is 15.3. The monoisotopic (exact) mass is 297 g/mol. The highest BCUT2D eigenvalue weighted by Gasteiger charge is 2.12.